The highest BCUT2D eigenvalue weighted by molar-refractivity contribution is 7.99. The summed E-state index contributed by atoms with van der Waals surface area (Å²) in [6.45, 7) is 10.9. The highest BCUT2D eigenvalue weighted by Crippen LogP contribution is 2.38. The van der Waals surface area contributed by atoms with E-state index in [9.17, 15) is 4.79 Å². The Morgan fingerprint density at radius 2 is 2.10 bits per heavy atom. The van der Waals surface area contributed by atoms with Crippen LogP contribution in [0.1, 0.15) is 34.9 Å². The van der Waals surface area contributed by atoms with E-state index in [-0.39, 0.29) is 11.7 Å². The molecule has 0 aliphatic heterocycles. The summed E-state index contributed by atoms with van der Waals surface area (Å²) in [4.78, 5) is 14.0. The van der Waals surface area contributed by atoms with Crippen LogP contribution >= 0.6 is 23.1 Å². The lowest BCUT2D eigenvalue weighted by Gasteiger charge is -2.19. The van der Waals surface area contributed by atoms with Crippen molar-refractivity contribution in [2.75, 3.05) is 11.1 Å². The molecule has 3 aromatic rings. The highest BCUT2D eigenvalue weighted by atomic mass is 32.2. The van der Waals surface area contributed by atoms with Gasteiger partial charge in [-0.25, -0.2) is 0 Å². The summed E-state index contributed by atoms with van der Waals surface area (Å²) in [6, 6.07) is 6.05. The van der Waals surface area contributed by atoms with Gasteiger partial charge in [-0.15, -0.1) is 28.1 Å². The summed E-state index contributed by atoms with van der Waals surface area (Å²) in [7, 11) is 0. The Morgan fingerprint density at radius 1 is 1.32 bits per heavy atom. The number of fused-ring (bicyclic) bond motifs is 1. The standard InChI is InChI=1S/C24H28N4OS2/c1-5-8-28-23(20-13-30-21-12-15(2)6-7-19(20)21)26-27-24(28)31-14-22(29)25-18-10-16(3)9-17(4)11-18/h5,9-11,13,15H,1,6-8,12,14H2,2-4H3,(H,25,29). The molecule has 7 heteroatoms. The molecule has 0 spiro atoms. The topological polar surface area (TPSA) is 59.8 Å². The van der Waals surface area contributed by atoms with Gasteiger partial charge in [0.1, 0.15) is 0 Å². The van der Waals surface area contributed by atoms with E-state index in [1.165, 1.54) is 34.2 Å². The van der Waals surface area contributed by atoms with E-state index < -0.39 is 0 Å². The molecule has 1 aliphatic rings. The number of rotatable bonds is 7. The molecule has 1 aliphatic carbocycles. The number of carbonyl (C=O) groups is 1. The fourth-order valence-electron chi connectivity index (χ4n) is 4.13. The van der Waals surface area contributed by atoms with Crippen molar-refractivity contribution in [3.8, 4) is 11.4 Å². The van der Waals surface area contributed by atoms with Crippen LogP contribution in [0.4, 0.5) is 5.69 Å². The summed E-state index contributed by atoms with van der Waals surface area (Å²) in [5.74, 6) is 1.85. The summed E-state index contributed by atoms with van der Waals surface area (Å²) < 4.78 is 2.07. The number of thioether (sulfide) groups is 1. The summed E-state index contributed by atoms with van der Waals surface area (Å²) in [5, 5.41) is 14.9. The maximum absolute atomic E-state index is 12.5. The third-order valence-corrected chi connectivity index (χ3v) is 7.53. The van der Waals surface area contributed by atoms with Crippen molar-refractivity contribution in [3.05, 3.63) is 57.8 Å². The second-order valence-electron chi connectivity index (χ2n) is 8.32. The first-order valence-corrected chi connectivity index (χ1v) is 12.5. The smallest absolute Gasteiger partial charge is 0.234 e. The fraction of sp³-hybridized carbons (Fsp3) is 0.375. The van der Waals surface area contributed by atoms with Crippen molar-refractivity contribution >= 4 is 34.7 Å². The molecule has 162 valence electrons. The van der Waals surface area contributed by atoms with Crippen molar-refractivity contribution in [2.45, 2.75) is 51.7 Å². The number of allylic oxidation sites excluding steroid dienone is 1. The summed E-state index contributed by atoms with van der Waals surface area (Å²) in [5.41, 5.74) is 5.70. The highest BCUT2D eigenvalue weighted by Gasteiger charge is 2.24. The first kappa shape index (κ1) is 21.8. The van der Waals surface area contributed by atoms with Gasteiger partial charge in [0.05, 0.1) is 5.75 Å². The fourth-order valence-corrected chi connectivity index (χ4v) is 6.12. The Morgan fingerprint density at radius 3 is 2.84 bits per heavy atom. The van der Waals surface area contributed by atoms with Gasteiger partial charge in [0.2, 0.25) is 5.91 Å². The second kappa shape index (κ2) is 9.40. The number of anilines is 1. The number of carbonyl (C=O) groups excluding carboxylic acids is 1. The van der Waals surface area contributed by atoms with Crippen LogP contribution in [-0.2, 0) is 24.2 Å². The average Bonchev–Trinajstić information content (AvgIpc) is 3.29. The van der Waals surface area contributed by atoms with Crippen LogP contribution < -0.4 is 5.32 Å². The Labute approximate surface area is 192 Å². The second-order valence-corrected chi connectivity index (χ2v) is 10.2. The molecule has 2 heterocycles. The molecule has 1 N–H and O–H groups in total. The van der Waals surface area contributed by atoms with Crippen LogP contribution in [0, 0.1) is 19.8 Å². The Bertz CT molecular complexity index is 1090. The number of nitrogens with one attached hydrogen (secondary N) is 1. The van der Waals surface area contributed by atoms with Gasteiger partial charge in [-0.3, -0.25) is 9.36 Å². The number of hydrogen-bond acceptors (Lipinski definition) is 5. The van der Waals surface area contributed by atoms with Crippen molar-refractivity contribution in [1.29, 1.82) is 0 Å². The van der Waals surface area contributed by atoms with E-state index in [0.29, 0.717) is 6.54 Å². The molecule has 1 atom stereocenters. The number of hydrogen-bond donors (Lipinski definition) is 1. The third-order valence-electron chi connectivity index (χ3n) is 5.51. The van der Waals surface area contributed by atoms with E-state index in [0.717, 1.165) is 46.6 Å². The van der Waals surface area contributed by atoms with Gasteiger partial charge in [0, 0.05) is 28.1 Å². The summed E-state index contributed by atoms with van der Waals surface area (Å²) in [6.07, 6.45) is 5.31. The van der Waals surface area contributed by atoms with E-state index >= 15 is 0 Å². The zero-order valence-electron chi connectivity index (χ0n) is 18.3. The Balaban J connectivity index is 1.50. The predicted molar refractivity (Wildman–Crippen MR) is 130 cm³/mol. The molecule has 0 saturated carbocycles. The van der Waals surface area contributed by atoms with Gasteiger partial charge < -0.3 is 5.32 Å². The lowest BCUT2D eigenvalue weighted by atomic mass is 9.88. The number of benzene rings is 1. The number of amides is 1. The molecule has 1 amide bonds. The Hall–Kier alpha value is -2.38. The zero-order chi connectivity index (χ0) is 22.0. The largest absolute Gasteiger partial charge is 0.325 e. The van der Waals surface area contributed by atoms with Gasteiger partial charge in [-0.05, 0) is 67.9 Å². The molecule has 1 aromatic carbocycles. The van der Waals surface area contributed by atoms with Crippen LogP contribution in [0.25, 0.3) is 11.4 Å². The van der Waals surface area contributed by atoms with Gasteiger partial charge in [-0.2, -0.15) is 0 Å². The maximum Gasteiger partial charge on any atom is 0.234 e. The van der Waals surface area contributed by atoms with Crippen LogP contribution in [0.3, 0.4) is 0 Å². The van der Waals surface area contributed by atoms with Crippen molar-refractivity contribution in [1.82, 2.24) is 14.8 Å². The minimum absolute atomic E-state index is 0.0494. The number of aromatic nitrogens is 3. The molecule has 0 radical (unpaired) electrons. The van der Waals surface area contributed by atoms with Crippen LogP contribution in [0.2, 0.25) is 0 Å². The first-order valence-electron chi connectivity index (χ1n) is 10.6. The van der Waals surface area contributed by atoms with Gasteiger partial charge in [0.15, 0.2) is 11.0 Å². The van der Waals surface area contributed by atoms with Crippen LogP contribution in [-0.4, -0.2) is 26.4 Å². The molecule has 0 saturated heterocycles. The minimum Gasteiger partial charge on any atom is -0.325 e. The molecule has 2 aromatic heterocycles. The van der Waals surface area contributed by atoms with E-state index in [4.69, 9.17) is 0 Å². The molecule has 5 nitrogen and oxygen atoms in total. The quantitative estimate of drug-likeness (QED) is 0.371. The minimum atomic E-state index is -0.0494. The monoisotopic (exact) mass is 452 g/mol. The van der Waals surface area contributed by atoms with E-state index in [1.54, 1.807) is 0 Å². The van der Waals surface area contributed by atoms with E-state index in [2.05, 4.69) is 45.0 Å². The molecule has 31 heavy (non-hydrogen) atoms. The molecule has 0 fully saturated rings. The number of aryl methyl sites for hydroxylation is 2. The Kier molecular flexibility index (Phi) is 6.62. The number of thiophene rings is 1. The third kappa shape index (κ3) is 4.93. The van der Waals surface area contributed by atoms with Crippen molar-refractivity contribution < 1.29 is 4.79 Å². The van der Waals surface area contributed by atoms with Crippen molar-refractivity contribution in [2.24, 2.45) is 5.92 Å². The van der Waals surface area contributed by atoms with Crippen LogP contribution in [0.5, 0.6) is 0 Å². The first-order chi connectivity index (χ1) is 14.9. The molecule has 1 unspecified atom stereocenters. The van der Waals surface area contributed by atoms with Crippen LogP contribution in [0.15, 0.2) is 41.4 Å². The van der Waals surface area contributed by atoms with Gasteiger partial charge >= 0.3 is 0 Å². The van der Waals surface area contributed by atoms with E-state index in [1.807, 2.05) is 43.4 Å². The van der Waals surface area contributed by atoms with Gasteiger partial charge in [0.25, 0.3) is 0 Å². The molecular weight excluding hydrogens is 424 g/mol. The predicted octanol–water partition coefficient (Wildman–Crippen LogP) is 5.67. The molecule has 4 rings (SSSR count). The summed E-state index contributed by atoms with van der Waals surface area (Å²) >= 11 is 3.24. The SMILES string of the molecule is C=CCn1c(SCC(=O)Nc2cc(C)cc(C)c2)nnc1-c1csc2c1CCC(C)C2. The average molecular weight is 453 g/mol. The molecular formula is C24H28N4OS2. The van der Waals surface area contributed by atoms with Crippen molar-refractivity contribution in [3.63, 3.8) is 0 Å². The number of nitrogens with zero attached hydrogens (tertiary/aromatic N) is 3. The normalized spacial score (nSPS) is 15.5. The van der Waals surface area contributed by atoms with Gasteiger partial charge in [-0.1, -0.05) is 30.8 Å². The lowest BCUT2D eigenvalue weighted by Crippen LogP contribution is -2.15. The maximum atomic E-state index is 12.5. The lowest BCUT2D eigenvalue weighted by molar-refractivity contribution is -0.113. The zero-order valence-corrected chi connectivity index (χ0v) is 19.9. The molecule has 0 bridgehead atoms.